The number of fused-ring (bicyclic) bond motifs is 1. The summed E-state index contributed by atoms with van der Waals surface area (Å²) in [6.45, 7) is 4.51. The SMILES string of the molecule is CCNC(=O)CCc1cc2cc(C)ccc2[nH]c1=O. The number of rotatable bonds is 4. The highest BCUT2D eigenvalue weighted by molar-refractivity contribution is 5.80. The molecule has 4 heteroatoms. The van der Waals surface area contributed by atoms with Crippen LogP contribution in [0.1, 0.15) is 24.5 Å². The second-order valence-corrected chi connectivity index (χ2v) is 4.67. The van der Waals surface area contributed by atoms with Gasteiger partial charge in [0.2, 0.25) is 5.91 Å². The molecule has 2 rings (SSSR count). The first kappa shape index (κ1) is 13.3. The van der Waals surface area contributed by atoms with E-state index in [1.165, 1.54) is 0 Å². The fourth-order valence-corrected chi connectivity index (χ4v) is 2.09. The number of carbonyl (C=O) groups excluding carboxylic acids is 1. The first-order chi connectivity index (χ1) is 9.10. The molecule has 0 atom stereocenters. The predicted octanol–water partition coefficient (Wildman–Crippen LogP) is 1.91. The minimum Gasteiger partial charge on any atom is -0.356 e. The highest BCUT2D eigenvalue weighted by Crippen LogP contribution is 2.13. The summed E-state index contributed by atoms with van der Waals surface area (Å²) < 4.78 is 0. The van der Waals surface area contributed by atoms with Crippen molar-refractivity contribution in [3.05, 3.63) is 45.7 Å². The molecule has 1 amide bonds. The highest BCUT2D eigenvalue weighted by Gasteiger charge is 2.06. The van der Waals surface area contributed by atoms with E-state index >= 15 is 0 Å². The minimum absolute atomic E-state index is 0.0220. The van der Waals surface area contributed by atoms with Gasteiger partial charge in [-0.25, -0.2) is 0 Å². The largest absolute Gasteiger partial charge is 0.356 e. The normalized spacial score (nSPS) is 10.6. The van der Waals surface area contributed by atoms with Gasteiger partial charge in [-0.2, -0.15) is 0 Å². The van der Waals surface area contributed by atoms with Gasteiger partial charge < -0.3 is 10.3 Å². The van der Waals surface area contributed by atoms with Crippen LogP contribution in [0.4, 0.5) is 0 Å². The van der Waals surface area contributed by atoms with Crippen LogP contribution in [-0.2, 0) is 11.2 Å². The molecule has 0 spiro atoms. The number of nitrogens with one attached hydrogen (secondary N) is 2. The van der Waals surface area contributed by atoms with Gasteiger partial charge in [0.1, 0.15) is 0 Å². The molecule has 0 unspecified atom stereocenters. The maximum absolute atomic E-state index is 11.9. The number of benzene rings is 1. The number of aromatic amines is 1. The summed E-state index contributed by atoms with van der Waals surface area (Å²) in [6, 6.07) is 7.77. The number of hydrogen-bond acceptors (Lipinski definition) is 2. The maximum Gasteiger partial charge on any atom is 0.251 e. The van der Waals surface area contributed by atoms with E-state index < -0.39 is 0 Å². The van der Waals surface area contributed by atoms with Crippen LogP contribution in [-0.4, -0.2) is 17.4 Å². The van der Waals surface area contributed by atoms with Crippen LogP contribution in [0.25, 0.3) is 10.9 Å². The third kappa shape index (κ3) is 3.22. The van der Waals surface area contributed by atoms with E-state index in [0.717, 1.165) is 16.5 Å². The van der Waals surface area contributed by atoms with Crippen LogP contribution < -0.4 is 10.9 Å². The van der Waals surface area contributed by atoms with Gasteiger partial charge >= 0.3 is 0 Å². The van der Waals surface area contributed by atoms with E-state index in [2.05, 4.69) is 10.3 Å². The molecule has 2 aromatic rings. The molecule has 4 nitrogen and oxygen atoms in total. The summed E-state index contributed by atoms with van der Waals surface area (Å²) >= 11 is 0. The van der Waals surface area contributed by atoms with Crippen molar-refractivity contribution in [2.75, 3.05) is 6.54 Å². The number of hydrogen-bond donors (Lipinski definition) is 2. The summed E-state index contributed by atoms with van der Waals surface area (Å²) in [4.78, 5) is 26.2. The zero-order valence-corrected chi connectivity index (χ0v) is 11.2. The molecule has 0 fully saturated rings. The molecule has 0 saturated heterocycles. The number of pyridine rings is 1. The van der Waals surface area contributed by atoms with Crippen LogP contribution in [0.3, 0.4) is 0 Å². The Hall–Kier alpha value is -2.10. The second kappa shape index (κ2) is 5.69. The van der Waals surface area contributed by atoms with Crippen molar-refractivity contribution in [2.24, 2.45) is 0 Å². The Morgan fingerprint density at radius 2 is 2.11 bits per heavy atom. The first-order valence-electron chi connectivity index (χ1n) is 6.49. The Morgan fingerprint density at radius 3 is 2.84 bits per heavy atom. The summed E-state index contributed by atoms with van der Waals surface area (Å²) in [5.41, 5.74) is 2.52. The van der Waals surface area contributed by atoms with Crippen molar-refractivity contribution in [2.45, 2.75) is 26.7 Å². The lowest BCUT2D eigenvalue weighted by molar-refractivity contribution is -0.120. The van der Waals surface area contributed by atoms with Gasteiger partial charge in [0.15, 0.2) is 0 Å². The zero-order chi connectivity index (χ0) is 13.8. The standard InChI is InChI=1S/C15H18N2O2/c1-3-16-14(18)7-5-11-9-12-8-10(2)4-6-13(12)17-15(11)19/h4,6,8-9H,3,5,7H2,1-2H3,(H,16,18)(H,17,19). The van der Waals surface area contributed by atoms with Crippen molar-refractivity contribution >= 4 is 16.8 Å². The third-order valence-corrected chi connectivity index (χ3v) is 3.07. The van der Waals surface area contributed by atoms with Crippen molar-refractivity contribution < 1.29 is 4.79 Å². The molecule has 0 aliphatic rings. The van der Waals surface area contributed by atoms with Crippen LogP contribution in [0.15, 0.2) is 29.1 Å². The Morgan fingerprint density at radius 1 is 1.32 bits per heavy atom. The first-order valence-corrected chi connectivity index (χ1v) is 6.49. The van der Waals surface area contributed by atoms with E-state index in [0.29, 0.717) is 24.9 Å². The van der Waals surface area contributed by atoms with Gasteiger partial charge in [-0.3, -0.25) is 9.59 Å². The maximum atomic E-state index is 11.9. The van der Waals surface area contributed by atoms with Crippen LogP contribution in [0.5, 0.6) is 0 Å². The van der Waals surface area contributed by atoms with Crippen molar-refractivity contribution in [3.8, 4) is 0 Å². The fraction of sp³-hybridized carbons (Fsp3) is 0.333. The van der Waals surface area contributed by atoms with E-state index in [4.69, 9.17) is 0 Å². The quantitative estimate of drug-likeness (QED) is 0.880. The summed E-state index contributed by atoms with van der Waals surface area (Å²) in [6.07, 6.45) is 0.805. The van der Waals surface area contributed by atoms with Gasteiger partial charge in [0.05, 0.1) is 0 Å². The monoisotopic (exact) mass is 258 g/mol. The molecule has 0 aliphatic heterocycles. The lowest BCUT2D eigenvalue weighted by Crippen LogP contribution is -2.24. The summed E-state index contributed by atoms with van der Waals surface area (Å²) in [7, 11) is 0. The molecule has 19 heavy (non-hydrogen) atoms. The van der Waals surface area contributed by atoms with Gasteiger partial charge in [0.25, 0.3) is 5.56 Å². The Labute approximate surface area is 111 Å². The fourth-order valence-electron chi connectivity index (χ4n) is 2.09. The zero-order valence-electron chi connectivity index (χ0n) is 11.2. The van der Waals surface area contributed by atoms with Crippen LogP contribution in [0, 0.1) is 6.92 Å². The second-order valence-electron chi connectivity index (χ2n) is 4.67. The molecular formula is C15H18N2O2. The highest BCUT2D eigenvalue weighted by atomic mass is 16.1. The van der Waals surface area contributed by atoms with Crippen molar-refractivity contribution in [3.63, 3.8) is 0 Å². The number of aryl methyl sites for hydroxylation is 2. The van der Waals surface area contributed by atoms with Crippen LogP contribution in [0.2, 0.25) is 0 Å². The minimum atomic E-state index is -0.111. The number of carbonyl (C=O) groups is 1. The van der Waals surface area contributed by atoms with Gasteiger partial charge in [-0.15, -0.1) is 0 Å². The molecule has 100 valence electrons. The molecule has 1 heterocycles. The molecule has 0 aliphatic carbocycles. The molecule has 1 aromatic carbocycles. The van der Waals surface area contributed by atoms with Crippen molar-refractivity contribution in [1.29, 1.82) is 0 Å². The molecular weight excluding hydrogens is 240 g/mol. The molecule has 0 saturated carbocycles. The molecule has 0 radical (unpaired) electrons. The third-order valence-electron chi connectivity index (χ3n) is 3.07. The Bertz CT molecular complexity index is 659. The molecule has 2 N–H and O–H groups in total. The van der Waals surface area contributed by atoms with E-state index in [9.17, 15) is 9.59 Å². The number of amides is 1. The Kier molecular flexibility index (Phi) is 4.00. The smallest absolute Gasteiger partial charge is 0.251 e. The predicted molar refractivity (Wildman–Crippen MR) is 76.3 cm³/mol. The van der Waals surface area contributed by atoms with Gasteiger partial charge in [-0.05, 0) is 43.9 Å². The Balaban J connectivity index is 2.25. The number of aromatic nitrogens is 1. The van der Waals surface area contributed by atoms with Gasteiger partial charge in [-0.1, -0.05) is 11.6 Å². The topological polar surface area (TPSA) is 62.0 Å². The molecule has 1 aromatic heterocycles. The average molecular weight is 258 g/mol. The lowest BCUT2D eigenvalue weighted by Gasteiger charge is -2.05. The number of H-pyrrole nitrogens is 1. The van der Waals surface area contributed by atoms with Crippen LogP contribution >= 0.6 is 0 Å². The van der Waals surface area contributed by atoms with Gasteiger partial charge in [0, 0.05) is 24.0 Å². The van der Waals surface area contributed by atoms with E-state index in [1.54, 1.807) is 0 Å². The van der Waals surface area contributed by atoms with E-state index in [-0.39, 0.29) is 11.5 Å². The summed E-state index contributed by atoms with van der Waals surface area (Å²) in [5.74, 6) is -0.0220. The molecule has 0 bridgehead atoms. The summed E-state index contributed by atoms with van der Waals surface area (Å²) in [5, 5.41) is 3.74. The van der Waals surface area contributed by atoms with E-state index in [1.807, 2.05) is 38.1 Å². The lowest BCUT2D eigenvalue weighted by atomic mass is 10.1. The van der Waals surface area contributed by atoms with Crippen molar-refractivity contribution in [1.82, 2.24) is 10.3 Å². The average Bonchev–Trinajstić information content (AvgIpc) is 2.37.